The van der Waals surface area contributed by atoms with Gasteiger partial charge in [0.2, 0.25) is 5.89 Å². The standard InChI is InChI=1S/C15H14BrN4O/c1-8-13(10-5-3-4-6-11(10)16)9(2)18-14(8)15-20-19-12(7-17)21-15/h3,5-6,18H,7,17H2,1-2H3. The van der Waals surface area contributed by atoms with E-state index in [4.69, 9.17) is 10.2 Å². The number of aryl methyl sites for hydroxylation is 1. The van der Waals surface area contributed by atoms with Gasteiger partial charge in [-0.2, -0.15) is 0 Å². The molecule has 0 aliphatic heterocycles. The second-order valence-electron chi connectivity index (χ2n) is 4.74. The van der Waals surface area contributed by atoms with Gasteiger partial charge in [0.05, 0.1) is 6.54 Å². The summed E-state index contributed by atoms with van der Waals surface area (Å²) in [6.07, 6.45) is 0. The van der Waals surface area contributed by atoms with Crippen molar-refractivity contribution >= 4 is 15.9 Å². The summed E-state index contributed by atoms with van der Waals surface area (Å²) in [6, 6.07) is 8.87. The number of aromatic nitrogens is 3. The Morgan fingerprint density at radius 1 is 1.38 bits per heavy atom. The highest BCUT2D eigenvalue weighted by Gasteiger charge is 2.19. The maximum absolute atomic E-state index is 5.54. The Labute approximate surface area is 130 Å². The van der Waals surface area contributed by atoms with E-state index in [0.717, 1.165) is 32.6 Å². The van der Waals surface area contributed by atoms with Crippen LogP contribution in [0, 0.1) is 19.9 Å². The number of nitrogens with zero attached hydrogens (tertiary/aromatic N) is 2. The van der Waals surface area contributed by atoms with Gasteiger partial charge < -0.3 is 15.1 Å². The summed E-state index contributed by atoms with van der Waals surface area (Å²) in [6.45, 7) is 4.29. The van der Waals surface area contributed by atoms with Crippen molar-refractivity contribution in [3.05, 3.63) is 45.9 Å². The Bertz CT molecular complexity index is 791. The van der Waals surface area contributed by atoms with Gasteiger partial charge in [-0.25, -0.2) is 0 Å². The zero-order valence-corrected chi connectivity index (χ0v) is 13.3. The molecular formula is C15H14BrN4O. The van der Waals surface area contributed by atoms with Crippen molar-refractivity contribution in [2.75, 3.05) is 0 Å². The summed E-state index contributed by atoms with van der Waals surface area (Å²) in [7, 11) is 0. The maximum Gasteiger partial charge on any atom is 0.264 e. The number of H-pyrrole nitrogens is 1. The monoisotopic (exact) mass is 345 g/mol. The van der Waals surface area contributed by atoms with E-state index in [0.29, 0.717) is 11.8 Å². The predicted molar refractivity (Wildman–Crippen MR) is 83.4 cm³/mol. The van der Waals surface area contributed by atoms with E-state index in [9.17, 15) is 0 Å². The van der Waals surface area contributed by atoms with Crippen molar-refractivity contribution in [3.8, 4) is 22.7 Å². The highest BCUT2D eigenvalue weighted by molar-refractivity contribution is 9.10. The highest BCUT2D eigenvalue weighted by atomic mass is 79.9. The van der Waals surface area contributed by atoms with Crippen molar-refractivity contribution in [3.63, 3.8) is 0 Å². The second-order valence-corrected chi connectivity index (χ2v) is 5.59. The second kappa shape index (κ2) is 5.46. The lowest BCUT2D eigenvalue weighted by Gasteiger charge is -2.05. The van der Waals surface area contributed by atoms with Crippen LogP contribution in [0.2, 0.25) is 0 Å². The SMILES string of the molecule is Cc1[nH]c(-c2nnc(CN)o2)c(C)c1-c1cc[c]cc1Br. The van der Waals surface area contributed by atoms with Gasteiger partial charge >= 0.3 is 0 Å². The van der Waals surface area contributed by atoms with Gasteiger partial charge in [0.15, 0.2) is 0 Å². The van der Waals surface area contributed by atoms with Crippen LogP contribution in [0.15, 0.2) is 27.1 Å². The number of rotatable bonds is 3. The molecule has 0 bridgehead atoms. The van der Waals surface area contributed by atoms with Gasteiger partial charge in [-0.1, -0.05) is 28.1 Å². The average molecular weight is 346 g/mol. The lowest BCUT2D eigenvalue weighted by molar-refractivity contribution is 0.507. The highest BCUT2D eigenvalue weighted by Crippen LogP contribution is 2.37. The first-order chi connectivity index (χ1) is 10.1. The molecule has 0 saturated heterocycles. The number of nitrogens with two attached hydrogens (primary N) is 1. The molecule has 3 rings (SSSR count). The zero-order valence-electron chi connectivity index (χ0n) is 11.7. The van der Waals surface area contributed by atoms with E-state index in [-0.39, 0.29) is 6.54 Å². The number of hydrogen-bond donors (Lipinski definition) is 2. The molecule has 0 fully saturated rings. The van der Waals surface area contributed by atoms with Crippen LogP contribution in [0.5, 0.6) is 0 Å². The van der Waals surface area contributed by atoms with E-state index in [1.54, 1.807) is 0 Å². The van der Waals surface area contributed by atoms with Crippen molar-refractivity contribution in [2.24, 2.45) is 5.73 Å². The van der Waals surface area contributed by atoms with Gasteiger partial charge in [-0.3, -0.25) is 0 Å². The first-order valence-electron chi connectivity index (χ1n) is 6.49. The molecule has 5 nitrogen and oxygen atoms in total. The number of halogens is 1. The Morgan fingerprint density at radius 3 is 2.86 bits per heavy atom. The van der Waals surface area contributed by atoms with Crippen LogP contribution in [0.1, 0.15) is 17.1 Å². The van der Waals surface area contributed by atoms with Crippen molar-refractivity contribution in [2.45, 2.75) is 20.4 Å². The summed E-state index contributed by atoms with van der Waals surface area (Å²) >= 11 is 3.57. The minimum absolute atomic E-state index is 0.235. The van der Waals surface area contributed by atoms with Crippen LogP contribution in [-0.4, -0.2) is 15.2 Å². The third-order valence-electron chi connectivity index (χ3n) is 3.38. The zero-order chi connectivity index (χ0) is 15.0. The quantitative estimate of drug-likeness (QED) is 0.762. The molecule has 3 N–H and O–H groups in total. The molecule has 3 aromatic rings. The third-order valence-corrected chi connectivity index (χ3v) is 4.03. The van der Waals surface area contributed by atoms with E-state index in [1.165, 1.54) is 0 Å². The van der Waals surface area contributed by atoms with Crippen LogP contribution in [-0.2, 0) is 6.54 Å². The lowest BCUT2D eigenvalue weighted by atomic mass is 10.0. The van der Waals surface area contributed by atoms with Crippen molar-refractivity contribution in [1.29, 1.82) is 0 Å². The molecule has 0 unspecified atom stereocenters. The van der Waals surface area contributed by atoms with Crippen LogP contribution >= 0.6 is 15.9 Å². The summed E-state index contributed by atoms with van der Waals surface area (Å²) < 4.78 is 6.53. The van der Waals surface area contributed by atoms with Crippen LogP contribution < -0.4 is 5.73 Å². The number of nitrogens with one attached hydrogen (secondary N) is 1. The number of benzene rings is 1. The lowest BCUT2D eigenvalue weighted by Crippen LogP contribution is -1.95. The Morgan fingerprint density at radius 2 is 2.19 bits per heavy atom. The Kier molecular flexibility index (Phi) is 3.65. The molecular weight excluding hydrogens is 332 g/mol. The van der Waals surface area contributed by atoms with Crippen LogP contribution in [0.4, 0.5) is 0 Å². The molecule has 0 aliphatic carbocycles. The smallest absolute Gasteiger partial charge is 0.264 e. The largest absolute Gasteiger partial charge is 0.418 e. The first kappa shape index (κ1) is 14.0. The van der Waals surface area contributed by atoms with E-state index >= 15 is 0 Å². The molecule has 0 spiro atoms. The van der Waals surface area contributed by atoms with Crippen molar-refractivity contribution in [1.82, 2.24) is 15.2 Å². The molecule has 1 aromatic carbocycles. The van der Waals surface area contributed by atoms with Gasteiger partial charge in [-0.05, 0) is 37.1 Å². The fraction of sp³-hybridized carbons (Fsp3) is 0.200. The minimum Gasteiger partial charge on any atom is -0.418 e. The molecule has 1 radical (unpaired) electrons. The summed E-state index contributed by atoms with van der Waals surface area (Å²) in [5.74, 6) is 0.884. The fourth-order valence-electron chi connectivity index (χ4n) is 2.42. The topological polar surface area (TPSA) is 80.7 Å². The molecule has 2 heterocycles. The predicted octanol–water partition coefficient (Wildman–Crippen LogP) is 3.37. The van der Waals surface area contributed by atoms with Crippen molar-refractivity contribution < 1.29 is 4.42 Å². The summed E-state index contributed by atoms with van der Waals surface area (Å²) in [5.41, 5.74) is 10.7. The fourth-order valence-corrected chi connectivity index (χ4v) is 2.88. The summed E-state index contributed by atoms with van der Waals surface area (Å²) in [4.78, 5) is 3.32. The van der Waals surface area contributed by atoms with E-state index < -0.39 is 0 Å². The van der Waals surface area contributed by atoms with E-state index in [1.807, 2.05) is 32.0 Å². The van der Waals surface area contributed by atoms with Gasteiger partial charge in [0.1, 0.15) is 5.69 Å². The number of aromatic amines is 1. The third kappa shape index (κ3) is 2.41. The molecule has 107 valence electrons. The van der Waals surface area contributed by atoms with Gasteiger partial charge in [0.25, 0.3) is 5.89 Å². The van der Waals surface area contributed by atoms with E-state index in [2.05, 4.69) is 37.2 Å². The maximum atomic E-state index is 5.54. The van der Waals surface area contributed by atoms with Gasteiger partial charge in [0, 0.05) is 15.7 Å². The average Bonchev–Trinajstić information content (AvgIpc) is 3.05. The first-order valence-corrected chi connectivity index (χ1v) is 7.29. The molecule has 6 heteroatoms. The minimum atomic E-state index is 0.235. The van der Waals surface area contributed by atoms with Crippen LogP contribution in [0.3, 0.4) is 0 Å². The molecule has 21 heavy (non-hydrogen) atoms. The molecule has 0 aliphatic rings. The normalized spacial score (nSPS) is 11.0. The Hall–Kier alpha value is -1.92. The Balaban J connectivity index is 2.15. The van der Waals surface area contributed by atoms with Crippen LogP contribution in [0.25, 0.3) is 22.7 Å². The molecule has 0 saturated carbocycles. The molecule has 0 atom stereocenters. The summed E-state index contributed by atoms with van der Waals surface area (Å²) in [5, 5.41) is 7.95. The number of hydrogen-bond acceptors (Lipinski definition) is 4. The molecule has 2 aromatic heterocycles. The van der Waals surface area contributed by atoms with Gasteiger partial charge in [-0.15, -0.1) is 10.2 Å². The molecule has 0 amide bonds.